The third kappa shape index (κ3) is 4.18. The fraction of sp³-hybridized carbons (Fsp3) is 0.857. The number of nitrogens with one attached hydrogen (secondary N) is 2. The van der Waals surface area contributed by atoms with E-state index in [9.17, 15) is 9.59 Å². The van der Waals surface area contributed by atoms with Crippen LogP contribution in [0.15, 0.2) is 0 Å². The molecule has 1 aliphatic carbocycles. The lowest BCUT2D eigenvalue weighted by Gasteiger charge is -2.37. The third-order valence-electron chi connectivity index (χ3n) is 4.00. The first-order valence-electron chi connectivity index (χ1n) is 7.57. The molecule has 3 amide bonds. The van der Waals surface area contributed by atoms with E-state index in [0.29, 0.717) is 0 Å². The number of hydrogen-bond acceptors (Lipinski definition) is 4. The molecule has 6 heteroatoms. The van der Waals surface area contributed by atoms with Crippen molar-refractivity contribution in [1.29, 1.82) is 0 Å². The molecule has 114 valence electrons. The standard InChI is InChI=1S/C14H26N4O2/c1-10(2)15-14(20)16-13(19)11(3)17-6-8-18(9-7-17)12-4-5-12/h10-12H,4-9H2,1-3H3,(H2,15,16,19,20). The Balaban J connectivity index is 1.74. The molecule has 2 rings (SSSR count). The Bertz CT molecular complexity index is 360. The molecule has 2 N–H and O–H groups in total. The van der Waals surface area contributed by atoms with Crippen LogP contribution in [0.3, 0.4) is 0 Å². The van der Waals surface area contributed by atoms with Gasteiger partial charge in [-0.2, -0.15) is 0 Å². The topological polar surface area (TPSA) is 64.7 Å². The van der Waals surface area contributed by atoms with Crippen LogP contribution in [-0.4, -0.2) is 66.0 Å². The summed E-state index contributed by atoms with van der Waals surface area (Å²) in [5.41, 5.74) is 0. The van der Waals surface area contributed by atoms with Gasteiger partial charge in [0.2, 0.25) is 5.91 Å². The summed E-state index contributed by atoms with van der Waals surface area (Å²) in [6.07, 6.45) is 2.65. The van der Waals surface area contributed by atoms with Crippen molar-refractivity contribution in [3.8, 4) is 0 Å². The fourth-order valence-electron chi connectivity index (χ4n) is 2.61. The highest BCUT2D eigenvalue weighted by Crippen LogP contribution is 2.27. The van der Waals surface area contributed by atoms with Gasteiger partial charge in [-0.15, -0.1) is 0 Å². The lowest BCUT2D eigenvalue weighted by Crippen LogP contribution is -2.56. The van der Waals surface area contributed by atoms with Crippen LogP contribution in [0, 0.1) is 0 Å². The van der Waals surface area contributed by atoms with Gasteiger partial charge in [-0.1, -0.05) is 0 Å². The van der Waals surface area contributed by atoms with Gasteiger partial charge >= 0.3 is 6.03 Å². The number of piperazine rings is 1. The van der Waals surface area contributed by atoms with E-state index in [4.69, 9.17) is 0 Å². The Labute approximate surface area is 120 Å². The van der Waals surface area contributed by atoms with Gasteiger partial charge in [0, 0.05) is 38.3 Å². The van der Waals surface area contributed by atoms with E-state index < -0.39 is 6.03 Å². The lowest BCUT2D eigenvalue weighted by atomic mass is 10.2. The van der Waals surface area contributed by atoms with Gasteiger partial charge in [0.1, 0.15) is 0 Å². The summed E-state index contributed by atoms with van der Waals surface area (Å²) >= 11 is 0. The normalized spacial score (nSPS) is 22.6. The summed E-state index contributed by atoms with van der Waals surface area (Å²) in [6, 6.07) is 0.154. The maximum atomic E-state index is 12.0. The highest BCUT2D eigenvalue weighted by Gasteiger charge is 2.33. The van der Waals surface area contributed by atoms with Crippen molar-refractivity contribution in [2.75, 3.05) is 26.2 Å². The molecule has 1 aliphatic heterocycles. The van der Waals surface area contributed by atoms with Gasteiger partial charge in [0.05, 0.1) is 6.04 Å². The fourth-order valence-corrected chi connectivity index (χ4v) is 2.61. The van der Waals surface area contributed by atoms with Gasteiger partial charge in [-0.05, 0) is 33.6 Å². The van der Waals surface area contributed by atoms with Gasteiger partial charge < -0.3 is 5.32 Å². The van der Waals surface area contributed by atoms with Crippen molar-refractivity contribution in [2.24, 2.45) is 0 Å². The molecule has 6 nitrogen and oxygen atoms in total. The van der Waals surface area contributed by atoms with E-state index in [1.54, 1.807) is 0 Å². The van der Waals surface area contributed by atoms with Crippen molar-refractivity contribution in [1.82, 2.24) is 20.4 Å². The first-order chi connectivity index (χ1) is 9.47. The van der Waals surface area contributed by atoms with Crippen LogP contribution in [-0.2, 0) is 4.79 Å². The molecule has 2 aliphatic rings. The maximum absolute atomic E-state index is 12.0. The summed E-state index contributed by atoms with van der Waals surface area (Å²) in [7, 11) is 0. The minimum Gasteiger partial charge on any atom is -0.336 e. The summed E-state index contributed by atoms with van der Waals surface area (Å²) in [6.45, 7) is 9.45. The molecule has 0 aromatic carbocycles. The van der Waals surface area contributed by atoms with Crippen LogP contribution >= 0.6 is 0 Å². The van der Waals surface area contributed by atoms with Crippen LogP contribution < -0.4 is 10.6 Å². The second kappa shape index (κ2) is 6.54. The van der Waals surface area contributed by atoms with Crippen LogP contribution in [0.25, 0.3) is 0 Å². The van der Waals surface area contributed by atoms with Gasteiger partial charge in [0.15, 0.2) is 0 Å². The highest BCUT2D eigenvalue weighted by atomic mass is 16.2. The largest absolute Gasteiger partial charge is 0.336 e. The molecular weight excluding hydrogens is 256 g/mol. The number of rotatable bonds is 4. The Morgan fingerprint density at radius 2 is 1.65 bits per heavy atom. The molecule has 20 heavy (non-hydrogen) atoms. The average Bonchev–Trinajstić information content (AvgIpc) is 3.21. The van der Waals surface area contributed by atoms with Crippen molar-refractivity contribution < 1.29 is 9.59 Å². The number of hydrogen-bond donors (Lipinski definition) is 2. The number of amides is 3. The molecule has 1 unspecified atom stereocenters. The SMILES string of the molecule is CC(C)NC(=O)NC(=O)C(C)N1CCN(C2CC2)CC1. The summed E-state index contributed by atoms with van der Waals surface area (Å²) in [5, 5.41) is 5.07. The van der Waals surface area contributed by atoms with Crippen LogP contribution in [0.4, 0.5) is 4.79 Å². The number of carbonyl (C=O) groups excluding carboxylic acids is 2. The van der Waals surface area contributed by atoms with Crippen molar-refractivity contribution in [2.45, 2.75) is 51.7 Å². The van der Waals surface area contributed by atoms with Crippen LogP contribution in [0.5, 0.6) is 0 Å². The van der Waals surface area contributed by atoms with Crippen LogP contribution in [0.2, 0.25) is 0 Å². The third-order valence-corrected chi connectivity index (χ3v) is 4.00. The molecular formula is C14H26N4O2. The molecule has 1 heterocycles. The van der Waals surface area contributed by atoms with Crippen molar-refractivity contribution >= 4 is 11.9 Å². The van der Waals surface area contributed by atoms with E-state index in [-0.39, 0.29) is 18.0 Å². The molecule has 0 aromatic rings. The second-order valence-corrected chi connectivity index (χ2v) is 6.10. The molecule has 0 spiro atoms. The van der Waals surface area contributed by atoms with E-state index in [1.807, 2.05) is 20.8 Å². The minimum atomic E-state index is -0.409. The molecule has 2 fully saturated rings. The van der Waals surface area contributed by atoms with Crippen molar-refractivity contribution in [3.05, 3.63) is 0 Å². The zero-order chi connectivity index (χ0) is 14.7. The highest BCUT2D eigenvalue weighted by molar-refractivity contribution is 5.96. The van der Waals surface area contributed by atoms with Gasteiger partial charge in [-0.25, -0.2) is 4.79 Å². The molecule has 0 radical (unpaired) electrons. The number of urea groups is 1. The second-order valence-electron chi connectivity index (χ2n) is 6.10. The Hall–Kier alpha value is -1.14. The monoisotopic (exact) mass is 282 g/mol. The number of nitrogens with zero attached hydrogens (tertiary/aromatic N) is 2. The predicted octanol–water partition coefficient (Wildman–Crippen LogP) is 0.389. The Morgan fingerprint density at radius 3 is 2.15 bits per heavy atom. The Kier molecular flexibility index (Phi) is 4.99. The molecule has 1 saturated carbocycles. The molecule has 1 atom stereocenters. The molecule has 0 bridgehead atoms. The quantitative estimate of drug-likeness (QED) is 0.783. The summed E-state index contributed by atoms with van der Waals surface area (Å²) in [4.78, 5) is 28.2. The van der Waals surface area contributed by atoms with E-state index in [2.05, 4.69) is 20.4 Å². The Morgan fingerprint density at radius 1 is 1.05 bits per heavy atom. The molecule has 0 aromatic heterocycles. The maximum Gasteiger partial charge on any atom is 0.321 e. The summed E-state index contributed by atoms with van der Waals surface area (Å²) < 4.78 is 0. The zero-order valence-corrected chi connectivity index (χ0v) is 12.7. The first kappa shape index (κ1) is 15.3. The minimum absolute atomic E-state index is 0.0280. The van der Waals surface area contributed by atoms with Crippen molar-refractivity contribution in [3.63, 3.8) is 0 Å². The smallest absolute Gasteiger partial charge is 0.321 e. The van der Waals surface area contributed by atoms with Gasteiger partial charge in [-0.3, -0.25) is 19.9 Å². The van der Waals surface area contributed by atoms with Crippen LogP contribution in [0.1, 0.15) is 33.6 Å². The first-order valence-corrected chi connectivity index (χ1v) is 7.57. The zero-order valence-electron chi connectivity index (χ0n) is 12.7. The predicted molar refractivity (Wildman–Crippen MR) is 77.4 cm³/mol. The summed E-state index contributed by atoms with van der Waals surface area (Å²) in [5.74, 6) is -0.219. The average molecular weight is 282 g/mol. The molecule has 1 saturated heterocycles. The van der Waals surface area contributed by atoms with E-state index >= 15 is 0 Å². The number of imide groups is 1. The number of carbonyl (C=O) groups is 2. The van der Waals surface area contributed by atoms with E-state index in [0.717, 1.165) is 32.2 Å². The van der Waals surface area contributed by atoms with Gasteiger partial charge in [0.25, 0.3) is 0 Å². The lowest BCUT2D eigenvalue weighted by molar-refractivity contribution is -0.125. The van der Waals surface area contributed by atoms with E-state index in [1.165, 1.54) is 12.8 Å².